The summed E-state index contributed by atoms with van der Waals surface area (Å²) in [6, 6.07) is 8.02. The summed E-state index contributed by atoms with van der Waals surface area (Å²) in [6.45, 7) is 11.7. The van der Waals surface area contributed by atoms with Crippen molar-refractivity contribution in [2.45, 2.75) is 75.1 Å². The van der Waals surface area contributed by atoms with Gasteiger partial charge in [-0.05, 0) is 42.3 Å². The Balaban J connectivity index is 0.000000422. The fraction of sp³-hybridized carbons (Fsp3) is 0.440. The Bertz CT molecular complexity index is 1650. The lowest BCUT2D eigenvalue weighted by molar-refractivity contribution is -0.531. The van der Waals surface area contributed by atoms with Crippen LogP contribution in [0.5, 0.6) is 0 Å². The maximum atomic E-state index is 12.0. The number of aryl methyl sites for hydroxylation is 1. The van der Waals surface area contributed by atoms with Gasteiger partial charge in [0.25, 0.3) is 20.2 Å². The summed E-state index contributed by atoms with van der Waals surface area (Å²) in [5.74, 6) is -0.750. The van der Waals surface area contributed by atoms with Crippen molar-refractivity contribution < 1.29 is 48.0 Å². The number of hydroxylamine groups is 2. The van der Waals surface area contributed by atoms with Gasteiger partial charge in [0.2, 0.25) is 0 Å². The van der Waals surface area contributed by atoms with Crippen molar-refractivity contribution in [1.82, 2.24) is 0 Å². The molecule has 0 saturated carbocycles. The van der Waals surface area contributed by atoms with Crippen LogP contribution < -0.4 is 0 Å². The van der Waals surface area contributed by atoms with Crippen molar-refractivity contribution in [1.29, 1.82) is 0 Å². The molecule has 2 rings (SSSR count). The van der Waals surface area contributed by atoms with Crippen molar-refractivity contribution in [2.75, 3.05) is 7.11 Å². The van der Waals surface area contributed by atoms with Crippen molar-refractivity contribution in [3.05, 3.63) is 69.1 Å². The SMILES string of the molecule is COS(=O)(=O)c1cc(CS(=O)(=O)O)ccc1C=[N+]([O-])C(C)(C)C.Cc1ccc(C=[N+]([O-])C(C)(C)C)c(S(=O)(=O)[O-])c1. The van der Waals surface area contributed by atoms with Crippen LogP contribution in [0.3, 0.4) is 0 Å². The lowest BCUT2D eigenvalue weighted by Gasteiger charge is -2.19. The van der Waals surface area contributed by atoms with Gasteiger partial charge in [-0.25, -0.2) is 17.9 Å². The smallest absolute Gasteiger partial charge is 0.297 e. The molecular weight excluding hydrogens is 600 g/mol. The van der Waals surface area contributed by atoms with Crippen molar-refractivity contribution in [2.24, 2.45) is 0 Å². The standard InChI is InChI=1S/C13H19NO7S2.C12H17NO4S/c1-13(2,3)14(15)8-11-6-5-10(9-22(16,17)18)7-12(11)23(19,20)21-4;1-9-5-6-10(8-13(14)12(2,3)4)11(7-9)18(15,16)17/h5-8H,9H2,1-4H3,(H,16,17,18);5-8H,1-4H3,(H,15,16,17)/p-1. The quantitative estimate of drug-likeness (QED) is 0.117. The Labute approximate surface area is 241 Å². The Morgan fingerprint density at radius 3 is 1.63 bits per heavy atom. The molecule has 41 heavy (non-hydrogen) atoms. The van der Waals surface area contributed by atoms with E-state index in [-0.39, 0.29) is 26.5 Å². The van der Waals surface area contributed by atoms with Gasteiger partial charge in [-0.1, -0.05) is 12.1 Å². The van der Waals surface area contributed by atoms with Crippen LogP contribution in [-0.4, -0.2) is 74.5 Å². The van der Waals surface area contributed by atoms with Crippen LogP contribution in [0.2, 0.25) is 0 Å². The minimum absolute atomic E-state index is 0.0495. The normalized spacial score (nSPS) is 13.9. The molecule has 0 radical (unpaired) electrons. The number of rotatable bonds is 7. The molecule has 230 valence electrons. The molecule has 0 aliphatic heterocycles. The van der Waals surface area contributed by atoms with E-state index in [1.165, 1.54) is 24.3 Å². The average Bonchev–Trinajstić information content (AvgIpc) is 2.78. The summed E-state index contributed by atoms with van der Waals surface area (Å²) in [5.41, 5.74) is -0.629. The van der Waals surface area contributed by atoms with Crippen molar-refractivity contribution >= 4 is 42.8 Å². The van der Waals surface area contributed by atoms with Crippen LogP contribution in [0.1, 0.15) is 63.8 Å². The highest BCUT2D eigenvalue weighted by Crippen LogP contribution is 2.21. The van der Waals surface area contributed by atoms with E-state index in [0.717, 1.165) is 25.6 Å². The molecule has 0 atom stereocenters. The van der Waals surface area contributed by atoms with Gasteiger partial charge in [-0.15, -0.1) is 0 Å². The monoisotopic (exact) mass is 635 g/mol. The molecule has 0 unspecified atom stereocenters. The number of hydrogen-bond donors (Lipinski definition) is 1. The molecule has 1 N–H and O–H groups in total. The van der Waals surface area contributed by atoms with Gasteiger partial charge in [-0.3, -0.25) is 8.74 Å². The molecule has 0 bridgehead atoms. The van der Waals surface area contributed by atoms with Gasteiger partial charge in [0.1, 0.15) is 20.8 Å². The second kappa shape index (κ2) is 13.0. The topological polar surface area (TPSA) is 207 Å². The molecule has 2 aromatic carbocycles. The maximum absolute atomic E-state index is 12.0. The van der Waals surface area contributed by atoms with E-state index >= 15 is 0 Å². The second-order valence-electron chi connectivity index (χ2n) is 11.0. The lowest BCUT2D eigenvalue weighted by atomic mass is 10.1. The summed E-state index contributed by atoms with van der Waals surface area (Å²) in [4.78, 5) is -0.723. The van der Waals surface area contributed by atoms with E-state index in [4.69, 9.17) is 4.55 Å². The summed E-state index contributed by atoms with van der Waals surface area (Å²) in [5, 5.41) is 23.8. The summed E-state index contributed by atoms with van der Waals surface area (Å²) < 4.78 is 93.8. The first-order chi connectivity index (χ1) is 18.3. The lowest BCUT2D eigenvalue weighted by Crippen LogP contribution is -2.29. The zero-order chi connectivity index (χ0) is 32.2. The highest BCUT2D eigenvalue weighted by molar-refractivity contribution is 7.87. The molecule has 0 amide bonds. The van der Waals surface area contributed by atoms with Crippen LogP contribution in [-0.2, 0) is 40.3 Å². The Hall–Kier alpha value is -2.89. The maximum Gasteiger partial charge on any atom is 0.297 e. The second-order valence-corrected chi connectivity index (χ2v) is 15.4. The highest BCUT2D eigenvalue weighted by Gasteiger charge is 2.24. The van der Waals surface area contributed by atoms with Crippen LogP contribution in [0.15, 0.2) is 46.2 Å². The Morgan fingerprint density at radius 1 is 0.805 bits per heavy atom. The first-order valence-corrected chi connectivity index (χ1v) is 16.3. The summed E-state index contributed by atoms with van der Waals surface area (Å²) in [6.07, 6.45) is 2.22. The van der Waals surface area contributed by atoms with Gasteiger partial charge < -0.3 is 15.0 Å². The molecule has 0 heterocycles. The zero-order valence-corrected chi connectivity index (χ0v) is 26.4. The molecule has 0 saturated heterocycles. The van der Waals surface area contributed by atoms with Gasteiger partial charge in [0.15, 0.2) is 23.5 Å². The molecule has 2 aromatic rings. The van der Waals surface area contributed by atoms with Crippen LogP contribution >= 0.6 is 0 Å². The summed E-state index contributed by atoms with van der Waals surface area (Å²) in [7, 11) is -12.1. The molecule has 16 heteroatoms. The van der Waals surface area contributed by atoms with Gasteiger partial charge in [-0.2, -0.15) is 16.8 Å². The fourth-order valence-electron chi connectivity index (χ4n) is 2.90. The van der Waals surface area contributed by atoms with Crippen molar-refractivity contribution in [3.8, 4) is 0 Å². The largest absolute Gasteiger partial charge is 0.744 e. The molecule has 0 aromatic heterocycles. The van der Waals surface area contributed by atoms with Crippen LogP contribution in [0, 0.1) is 17.3 Å². The number of nitrogens with zero attached hydrogens (tertiary/aromatic N) is 2. The van der Waals surface area contributed by atoms with Crippen molar-refractivity contribution in [3.63, 3.8) is 0 Å². The Kier molecular flexibility index (Phi) is 11.4. The molecular formula is C25H35N2O11S3-. The van der Waals surface area contributed by atoms with E-state index in [0.29, 0.717) is 15.0 Å². The van der Waals surface area contributed by atoms with E-state index in [1.807, 2.05) is 0 Å². The molecule has 0 aliphatic carbocycles. The third-order valence-electron chi connectivity index (χ3n) is 5.19. The van der Waals surface area contributed by atoms with E-state index < -0.39 is 47.2 Å². The third-order valence-corrected chi connectivity index (χ3v) is 8.11. The Morgan fingerprint density at radius 2 is 1.24 bits per heavy atom. The fourth-order valence-corrected chi connectivity index (χ4v) is 5.12. The molecule has 0 fully saturated rings. The average molecular weight is 636 g/mol. The molecule has 13 nitrogen and oxygen atoms in total. The molecule has 0 aliphatic rings. The first kappa shape index (κ1) is 36.1. The minimum atomic E-state index is -4.59. The first-order valence-electron chi connectivity index (χ1n) is 11.9. The number of benzene rings is 2. The van der Waals surface area contributed by atoms with E-state index in [2.05, 4.69) is 4.18 Å². The van der Waals surface area contributed by atoms with Gasteiger partial charge in [0.05, 0.1) is 23.1 Å². The zero-order valence-electron chi connectivity index (χ0n) is 24.0. The van der Waals surface area contributed by atoms with Crippen LogP contribution in [0.4, 0.5) is 0 Å². The minimum Gasteiger partial charge on any atom is -0.744 e. The predicted octanol–water partition coefficient (Wildman–Crippen LogP) is 2.76. The van der Waals surface area contributed by atoms with Gasteiger partial charge in [0, 0.05) is 41.5 Å². The number of hydrogen-bond acceptors (Lipinski definition) is 10. The van der Waals surface area contributed by atoms with Gasteiger partial charge >= 0.3 is 0 Å². The van der Waals surface area contributed by atoms with E-state index in [1.54, 1.807) is 54.5 Å². The molecule has 0 spiro atoms. The predicted molar refractivity (Wildman–Crippen MR) is 152 cm³/mol. The third kappa shape index (κ3) is 11.5. The summed E-state index contributed by atoms with van der Waals surface area (Å²) >= 11 is 0. The highest BCUT2D eigenvalue weighted by atomic mass is 32.2. The van der Waals surface area contributed by atoms with E-state index in [9.17, 15) is 40.2 Å². The van der Waals surface area contributed by atoms with Crippen LogP contribution in [0.25, 0.3) is 0 Å².